The first kappa shape index (κ1) is 13.5. The van der Waals surface area contributed by atoms with Gasteiger partial charge in [0.2, 0.25) is 0 Å². The highest BCUT2D eigenvalue weighted by Crippen LogP contribution is 2.45. The number of benzene rings is 2. The zero-order valence-corrected chi connectivity index (χ0v) is 12.6. The predicted molar refractivity (Wildman–Crippen MR) is 85.8 cm³/mol. The van der Waals surface area contributed by atoms with Crippen molar-refractivity contribution in [3.8, 4) is 0 Å². The summed E-state index contributed by atoms with van der Waals surface area (Å²) in [6.07, 6.45) is 0.302. The van der Waals surface area contributed by atoms with Gasteiger partial charge >= 0.3 is 0 Å². The molecule has 2 aliphatic heterocycles. The van der Waals surface area contributed by atoms with Gasteiger partial charge in [-0.2, -0.15) is 0 Å². The third kappa shape index (κ3) is 2.04. The first-order valence-electron chi connectivity index (χ1n) is 7.73. The maximum Gasteiger partial charge on any atom is 0.145 e. The van der Waals surface area contributed by atoms with Gasteiger partial charge in [0.1, 0.15) is 5.78 Å². The van der Waals surface area contributed by atoms with Gasteiger partial charge < -0.3 is 10.1 Å². The quantitative estimate of drug-likeness (QED) is 0.876. The smallest absolute Gasteiger partial charge is 0.145 e. The summed E-state index contributed by atoms with van der Waals surface area (Å²) >= 11 is 0. The number of para-hydroxylation sites is 1. The van der Waals surface area contributed by atoms with Crippen molar-refractivity contribution in [2.45, 2.75) is 25.0 Å². The van der Waals surface area contributed by atoms with Gasteiger partial charge in [0.05, 0.1) is 24.2 Å². The fourth-order valence-electron chi connectivity index (χ4n) is 3.75. The van der Waals surface area contributed by atoms with Crippen LogP contribution < -0.4 is 5.32 Å². The van der Waals surface area contributed by atoms with E-state index in [1.54, 1.807) is 0 Å². The molecule has 1 saturated heterocycles. The van der Waals surface area contributed by atoms with Crippen LogP contribution in [0.3, 0.4) is 0 Å². The lowest BCUT2D eigenvalue weighted by atomic mass is 9.79. The second-order valence-corrected chi connectivity index (χ2v) is 6.46. The van der Waals surface area contributed by atoms with Crippen LogP contribution in [0.1, 0.15) is 24.2 Å². The summed E-state index contributed by atoms with van der Waals surface area (Å²) in [5.41, 5.74) is 2.86. The zero-order chi connectivity index (χ0) is 15.2. The van der Waals surface area contributed by atoms with E-state index in [1.807, 2.05) is 54.6 Å². The van der Waals surface area contributed by atoms with Crippen LogP contribution in [0, 0.1) is 5.92 Å². The lowest BCUT2D eigenvalue weighted by Gasteiger charge is -2.30. The van der Waals surface area contributed by atoms with Crippen LogP contribution >= 0.6 is 0 Å². The standard InChI is InChI=1S/C19H19NO2/c1-19-12-22-18(13-7-3-2-4-8-13)17(19)16(21)11-14-9-5-6-10-15(14)20-19/h2-10,17-18,20H,11-12H2,1H3/t17-,18-,19+/m1/s1. The van der Waals surface area contributed by atoms with Gasteiger partial charge in [-0.3, -0.25) is 4.79 Å². The van der Waals surface area contributed by atoms with Gasteiger partial charge in [0.15, 0.2) is 0 Å². The normalized spacial score (nSPS) is 30.1. The lowest BCUT2D eigenvalue weighted by Crippen LogP contribution is -2.45. The number of nitrogens with one attached hydrogen (secondary N) is 1. The topological polar surface area (TPSA) is 38.3 Å². The minimum atomic E-state index is -0.357. The average molecular weight is 293 g/mol. The molecule has 2 aliphatic rings. The van der Waals surface area contributed by atoms with Gasteiger partial charge in [-0.15, -0.1) is 0 Å². The number of hydrogen-bond donors (Lipinski definition) is 1. The molecule has 2 aromatic carbocycles. The molecule has 22 heavy (non-hydrogen) atoms. The summed E-state index contributed by atoms with van der Waals surface area (Å²) < 4.78 is 6.05. The molecule has 3 nitrogen and oxygen atoms in total. The van der Waals surface area contributed by atoms with Crippen LogP contribution in [-0.4, -0.2) is 17.9 Å². The molecule has 0 bridgehead atoms. The van der Waals surface area contributed by atoms with Crippen molar-refractivity contribution in [1.82, 2.24) is 0 Å². The summed E-state index contributed by atoms with van der Waals surface area (Å²) in [6, 6.07) is 18.1. The fourth-order valence-corrected chi connectivity index (χ4v) is 3.75. The monoisotopic (exact) mass is 293 g/mol. The van der Waals surface area contributed by atoms with Crippen molar-refractivity contribution in [3.05, 3.63) is 65.7 Å². The van der Waals surface area contributed by atoms with Crippen molar-refractivity contribution >= 4 is 11.5 Å². The number of ketones is 1. The predicted octanol–water partition coefficient (Wildman–Crippen LogP) is 3.37. The third-order valence-corrected chi connectivity index (χ3v) is 4.83. The van der Waals surface area contributed by atoms with Crippen LogP contribution in [-0.2, 0) is 16.0 Å². The highest BCUT2D eigenvalue weighted by molar-refractivity contribution is 5.89. The number of carbonyl (C=O) groups is 1. The molecule has 0 saturated carbocycles. The molecule has 1 fully saturated rings. The molecule has 0 amide bonds. The van der Waals surface area contributed by atoms with Crippen LogP contribution in [0.5, 0.6) is 0 Å². The van der Waals surface area contributed by atoms with Crippen molar-refractivity contribution in [1.29, 1.82) is 0 Å². The van der Waals surface area contributed by atoms with E-state index in [1.165, 1.54) is 0 Å². The van der Waals surface area contributed by atoms with Gasteiger partial charge in [-0.25, -0.2) is 0 Å². The Bertz CT molecular complexity index is 712. The lowest BCUT2D eigenvalue weighted by molar-refractivity contribution is -0.124. The van der Waals surface area contributed by atoms with Crippen LogP contribution in [0.15, 0.2) is 54.6 Å². The molecular weight excluding hydrogens is 274 g/mol. The summed E-state index contributed by atoms with van der Waals surface area (Å²) in [5.74, 6) is 0.0913. The van der Waals surface area contributed by atoms with Crippen LogP contribution in [0.4, 0.5) is 5.69 Å². The largest absolute Gasteiger partial charge is 0.376 e. The molecule has 3 atom stereocenters. The first-order valence-corrected chi connectivity index (χ1v) is 7.73. The van der Waals surface area contributed by atoms with E-state index < -0.39 is 0 Å². The molecule has 0 spiro atoms. The molecule has 2 aromatic rings. The van der Waals surface area contributed by atoms with E-state index in [-0.39, 0.29) is 23.3 Å². The Morgan fingerprint density at radius 2 is 1.82 bits per heavy atom. The number of rotatable bonds is 1. The van der Waals surface area contributed by atoms with E-state index in [0.717, 1.165) is 16.8 Å². The highest BCUT2D eigenvalue weighted by atomic mass is 16.5. The molecule has 0 unspecified atom stereocenters. The van der Waals surface area contributed by atoms with Crippen molar-refractivity contribution in [2.75, 3.05) is 11.9 Å². The summed E-state index contributed by atoms with van der Waals surface area (Å²) in [4.78, 5) is 12.9. The molecule has 3 heteroatoms. The number of Topliss-reactive ketones (excluding diaryl/α,β-unsaturated/α-hetero) is 1. The molecule has 1 N–H and O–H groups in total. The summed E-state index contributed by atoms with van der Waals surface area (Å²) in [6.45, 7) is 2.64. The van der Waals surface area contributed by atoms with Gasteiger partial charge in [-0.05, 0) is 24.1 Å². The molecule has 2 heterocycles. The Kier molecular flexibility index (Phi) is 3.05. The maximum absolute atomic E-state index is 12.9. The number of hydrogen-bond acceptors (Lipinski definition) is 3. The van der Waals surface area contributed by atoms with E-state index in [0.29, 0.717) is 13.0 Å². The minimum absolute atomic E-state index is 0.165. The molecule has 4 rings (SSSR count). The Balaban J connectivity index is 1.76. The Morgan fingerprint density at radius 1 is 1.09 bits per heavy atom. The van der Waals surface area contributed by atoms with E-state index >= 15 is 0 Å². The molecule has 0 aromatic heterocycles. The minimum Gasteiger partial charge on any atom is -0.376 e. The molecule has 0 aliphatic carbocycles. The number of ether oxygens (including phenoxy) is 1. The highest BCUT2D eigenvalue weighted by Gasteiger charge is 2.52. The van der Waals surface area contributed by atoms with Crippen LogP contribution in [0.25, 0.3) is 0 Å². The Labute approximate surface area is 130 Å². The molecule has 0 radical (unpaired) electrons. The van der Waals surface area contributed by atoms with E-state index in [2.05, 4.69) is 12.2 Å². The first-order chi connectivity index (χ1) is 10.7. The van der Waals surface area contributed by atoms with Crippen molar-refractivity contribution in [3.63, 3.8) is 0 Å². The zero-order valence-electron chi connectivity index (χ0n) is 12.6. The van der Waals surface area contributed by atoms with Crippen LogP contribution in [0.2, 0.25) is 0 Å². The summed E-state index contributed by atoms with van der Waals surface area (Å²) in [7, 11) is 0. The van der Waals surface area contributed by atoms with Crippen molar-refractivity contribution < 1.29 is 9.53 Å². The van der Waals surface area contributed by atoms with E-state index in [4.69, 9.17) is 4.74 Å². The maximum atomic E-state index is 12.9. The Morgan fingerprint density at radius 3 is 2.64 bits per heavy atom. The number of anilines is 1. The Hall–Kier alpha value is -2.13. The summed E-state index contributed by atoms with van der Waals surface area (Å²) in [5, 5.41) is 3.58. The second-order valence-electron chi connectivity index (χ2n) is 6.46. The third-order valence-electron chi connectivity index (χ3n) is 4.83. The molecular formula is C19H19NO2. The van der Waals surface area contributed by atoms with Gasteiger partial charge in [0, 0.05) is 12.1 Å². The van der Waals surface area contributed by atoms with Gasteiger partial charge in [-0.1, -0.05) is 48.5 Å². The number of fused-ring (bicyclic) bond motifs is 2. The van der Waals surface area contributed by atoms with Crippen molar-refractivity contribution in [2.24, 2.45) is 5.92 Å². The fraction of sp³-hybridized carbons (Fsp3) is 0.316. The molecule has 112 valence electrons. The number of carbonyl (C=O) groups excluding carboxylic acids is 1. The average Bonchev–Trinajstić information content (AvgIpc) is 2.82. The van der Waals surface area contributed by atoms with Gasteiger partial charge in [0.25, 0.3) is 0 Å². The van der Waals surface area contributed by atoms with E-state index in [9.17, 15) is 4.79 Å². The second kappa shape index (κ2) is 4.96. The SMILES string of the molecule is C[C@]12CO[C@H](c3ccccc3)[C@H]1C(=O)Cc1ccccc1N2.